The number of amides is 1. The normalized spacial score (nSPS) is 15.2. The first-order chi connectivity index (χ1) is 11.9. The number of anilines is 2. The molecule has 1 aromatic carbocycles. The van der Waals surface area contributed by atoms with Crippen molar-refractivity contribution in [1.82, 2.24) is 4.98 Å². The number of primary amides is 1. The minimum atomic E-state index is -0.770. The second-order valence-corrected chi connectivity index (χ2v) is 7.19. The molecule has 2 heterocycles. The molecule has 1 aromatic heterocycles. The van der Waals surface area contributed by atoms with Crippen LogP contribution in [0.4, 0.5) is 15.9 Å². The maximum Gasteiger partial charge on any atom is 0.253 e. The average Bonchev–Trinajstić information content (AvgIpc) is 2.55. The Morgan fingerprint density at radius 1 is 1.36 bits per heavy atom. The third-order valence-electron chi connectivity index (χ3n) is 4.38. The van der Waals surface area contributed by atoms with E-state index in [4.69, 9.17) is 5.73 Å². The predicted octanol–water partition coefficient (Wildman–Crippen LogP) is 3.47. The summed E-state index contributed by atoms with van der Waals surface area (Å²) in [5.74, 6) is -0.421. The molecule has 0 saturated carbocycles. The van der Waals surface area contributed by atoms with Crippen LogP contribution in [-0.2, 0) is 0 Å². The fraction of sp³-hybridized carbons (Fsp3) is 0.333. The molecule has 0 radical (unpaired) electrons. The molecule has 1 fully saturated rings. The summed E-state index contributed by atoms with van der Waals surface area (Å²) in [4.78, 5) is 18.3. The molecule has 0 aliphatic carbocycles. The van der Waals surface area contributed by atoms with Gasteiger partial charge in [-0.05, 0) is 43.5 Å². The van der Waals surface area contributed by atoms with Gasteiger partial charge in [-0.2, -0.15) is 0 Å². The first-order valence-electron chi connectivity index (χ1n) is 8.17. The van der Waals surface area contributed by atoms with Gasteiger partial charge in [-0.1, -0.05) is 22.0 Å². The lowest BCUT2D eigenvalue weighted by Crippen LogP contribution is -2.39. The fourth-order valence-corrected chi connectivity index (χ4v) is 3.49. The molecule has 0 atom stereocenters. The minimum Gasteiger partial charge on any atom is -0.381 e. The van der Waals surface area contributed by atoms with Crippen LogP contribution in [-0.4, -0.2) is 30.0 Å². The van der Waals surface area contributed by atoms with Crippen molar-refractivity contribution in [3.63, 3.8) is 0 Å². The van der Waals surface area contributed by atoms with Crippen LogP contribution in [0.3, 0.4) is 0 Å². The molecule has 5 nitrogen and oxygen atoms in total. The standard InChI is InChI=1S/C18H20BrFN4O/c1-11-2-3-16(22-10-11)24-6-4-13(5-7-24)23-15-9-12(19)8-14(20)17(15)18(21)25/h2-3,8-10,13,23H,4-7H2,1H3,(H2,21,25). The summed E-state index contributed by atoms with van der Waals surface area (Å²) in [6.07, 6.45) is 3.59. The van der Waals surface area contributed by atoms with E-state index in [-0.39, 0.29) is 11.6 Å². The molecule has 1 aliphatic rings. The Kier molecular flexibility index (Phi) is 5.22. The summed E-state index contributed by atoms with van der Waals surface area (Å²) in [7, 11) is 0. The molecule has 7 heteroatoms. The number of carbonyl (C=O) groups excluding carboxylic acids is 1. The third-order valence-corrected chi connectivity index (χ3v) is 4.83. The Hall–Kier alpha value is -2.15. The molecule has 1 amide bonds. The highest BCUT2D eigenvalue weighted by Gasteiger charge is 2.23. The Morgan fingerprint density at radius 2 is 2.08 bits per heavy atom. The molecule has 0 bridgehead atoms. The zero-order valence-electron chi connectivity index (χ0n) is 13.9. The van der Waals surface area contributed by atoms with Crippen molar-refractivity contribution >= 4 is 33.3 Å². The predicted molar refractivity (Wildman–Crippen MR) is 100 cm³/mol. The number of nitrogens with one attached hydrogen (secondary N) is 1. The SMILES string of the molecule is Cc1ccc(N2CCC(Nc3cc(Br)cc(F)c3C(N)=O)CC2)nc1. The highest BCUT2D eigenvalue weighted by molar-refractivity contribution is 9.10. The number of hydrogen-bond donors (Lipinski definition) is 2. The molecule has 25 heavy (non-hydrogen) atoms. The molecule has 3 rings (SSSR count). The minimum absolute atomic E-state index is 0.0918. The first-order valence-corrected chi connectivity index (χ1v) is 8.96. The van der Waals surface area contributed by atoms with Gasteiger partial charge in [0.05, 0.1) is 11.3 Å². The van der Waals surface area contributed by atoms with E-state index in [1.165, 1.54) is 6.07 Å². The number of halogens is 2. The highest BCUT2D eigenvalue weighted by atomic mass is 79.9. The lowest BCUT2D eigenvalue weighted by molar-refractivity contribution is 0.0997. The fourth-order valence-electron chi connectivity index (χ4n) is 3.06. The van der Waals surface area contributed by atoms with Gasteiger partial charge in [0.2, 0.25) is 0 Å². The van der Waals surface area contributed by atoms with Gasteiger partial charge in [0.25, 0.3) is 5.91 Å². The van der Waals surface area contributed by atoms with Gasteiger partial charge in [0.1, 0.15) is 11.6 Å². The van der Waals surface area contributed by atoms with Crippen molar-refractivity contribution in [1.29, 1.82) is 0 Å². The Bertz CT molecular complexity index is 773. The van der Waals surface area contributed by atoms with Crippen LogP contribution in [0.5, 0.6) is 0 Å². The second-order valence-electron chi connectivity index (χ2n) is 6.27. The molecule has 132 valence electrons. The van der Waals surface area contributed by atoms with Crippen molar-refractivity contribution in [3.05, 3.63) is 51.9 Å². The smallest absolute Gasteiger partial charge is 0.253 e. The van der Waals surface area contributed by atoms with Gasteiger partial charge in [0, 0.05) is 29.8 Å². The van der Waals surface area contributed by atoms with Crippen molar-refractivity contribution < 1.29 is 9.18 Å². The van der Waals surface area contributed by atoms with E-state index in [9.17, 15) is 9.18 Å². The van der Waals surface area contributed by atoms with Crippen LogP contribution >= 0.6 is 15.9 Å². The van der Waals surface area contributed by atoms with E-state index in [2.05, 4.69) is 37.2 Å². The lowest BCUT2D eigenvalue weighted by Gasteiger charge is -2.34. The van der Waals surface area contributed by atoms with Crippen molar-refractivity contribution in [2.45, 2.75) is 25.8 Å². The van der Waals surface area contributed by atoms with Crippen LogP contribution in [0.15, 0.2) is 34.9 Å². The molecule has 0 unspecified atom stereocenters. The summed E-state index contributed by atoms with van der Waals surface area (Å²) >= 11 is 3.26. The van der Waals surface area contributed by atoms with E-state index >= 15 is 0 Å². The number of aryl methyl sites for hydroxylation is 1. The number of rotatable bonds is 4. The molecular weight excluding hydrogens is 387 g/mol. The number of piperidine rings is 1. The quantitative estimate of drug-likeness (QED) is 0.815. The van der Waals surface area contributed by atoms with E-state index in [0.29, 0.717) is 10.2 Å². The third kappa shape index (κ3) is 4.10. The maximum atomic E-state index is 14.0. The summed E-state index contributed by atoms with van der Waals surface area (Å²) < 4.78 is 14.6. The van der Waals surface area contributed by atoms with Crippen molar-refractivity contribution in [2.24, 2.45) is 5.73 Å². The summed E-state index contributed by atoms with van der Waals surface area (Å²) in [5, 5.41) is 3.28. The van der Waals surface area contributed by atoms with Crippen molar-refractivity contribution in [3.8, 4) is 0 Å². The summed E-state index contributed by atoms with van der Waals surface area (Å²) in [6, 6.07) is 7.16. The largest absolute Gasteiger partial charge is 0.381 e. The number of pyridine rings is 1. The molecule has 1 saturated heterocycles. The Labute approximate surface area is 154 Å². The summed E-state index contributed by atoms with van der Waals surface area (Å²) in [6.45, 7) is 3.70. The van der Waals surface area contributed by atoms with Gasteiger partial charge in [-0.15, -0.1) is 0 Å². The van der Waals surface area contributed by atoms with E-state index in [0.717, 1.165) is 37.3 Å². The Morgan fingerprint density at radius 3 is 2.68 bits per heavy atom. The van der Waals surface area contributed by atoms with Crippen LogP contribution in [0, 0.1) is 12.7 Å². The van der Waals surface area contributed by atoms with Crippen LogP contribution in [0.2, 0.25) is 0 Å². The van der Waals surface area contributed by atoms with E-state index in [1.807, 2.05) is 19.2 Å². The van der Waals surface area contributed by atoms with Gasteiger partial charge < -0.3 is 16.0 Å². The molecule has 3 N–H and O–H groups in total. The highest BCUT2D eigenvalue weighted by Crippen LogP contribution is 2.27. The number of benzene rings is 1. The van der Waals surface area contributed by atoms with Crippen LogP contribution < -0.4 is 16.0 Å². The van der Waals surface area contributed by atoms with Crippen LogP contribution in [0.1, 0.15) is 28.8 Å². The molecule has 1 aliphatic heterocycles. The number of aromatic nitrogens is 1. The van der Waals surface area contributed by atoms with E-state index < -0.39 is 11.7 Å². The van der Waals surface area contributed by atoms with Gasteiger partial charge in [-0.3, -0.25) is 4.79 Å². The number of carbonyl (C=O) groups is 1. The Balaban J connectivity index is 1.68. The van der Waals surface area contributed by atoms with Crippen LogP contribution in [0.25, 0.3) is 0 Å². The topological polar surface area (TPSA) is 71.2 Å². The van der Waals surface area contributed by atoms with Gasteiger partial charge in [-0.25, -0.2) is 9.37 Å². The molecular formula is C18H20BrFN4O. The van der Waals surface area contributed by atoms with E-state index in [1.54, 1.807) is 6.07 Å². The molecule has 2 aromatic rings. The van der Waals surface area contributed by atoms with Gasteiger partial charge in [0.15, 0.2) is 0 Å². The number of nitrogens with zero attached hydrogens (tertiary/aromatic N) is 2. The lowest BCUT2D eigenvalue weighted by atomic mass is 10.0. The first kappa shape index (κ1) is 17.7. The number of nitrogens with two attached hydrogens (primary N) is 1. The molecule has 0 spiro atoms. The monoisotopic (exact) mass is 406 g/mol. The zero-order chi connectivity index (χ0) is 18.0. The second kappa shape index (κ2) is 7.39. The number of hydrogen-bond acceptors (Lipinski definition) is 4. The van der Waals surface area contributed by atoms with Gasteiger partial charge >= 0.3 is 0 Å². The summed E-state index contributed by atoms with van der Waals surface area (Å²) in [5.41, 5.74) is 6.81. The zero-order valence-corrected chi connectivity index (χ0v) is 15.5. The van der Waals surface area contributed by atoms with Crippen molar-refractivity contribution in [2.75, 3.05) is 23.3 Å². The maximum absolute atomic E-state index is 14.0. The average molecular weight is 407 g/mol.